The van der Waals surface area contributed by atoms with Crippen molar-refractivity contribution in [2.45, 2.75) is 38.1 Å². The van der Waals surface area contributed by atoms with E-state index in [0.717, 1.165) is 24.6 Å². The van der Waals surface area contributed by atoms with Crippen LogP contribution in [-0.4, -0.2) is 29.1 Å². The first-order valence-electron chi connectivity index (χ1n) is 9.01. The smallest absolute Gasteiger partial charge is 0.303 e. The van der Waals surface area contributed by atoms with Gasteiger partial charge in [0.2, 0.25) is 0 Å². The molecule has 1 saturated heterocycles. The summed E-state index contributed by atoms with van der Waals surface area (Å²) in [4.78, 5) is 13.5. The second-order valence-corrected chi connectivity index (χ2v) is 6.53. The van der Waals surface area contributed by atoms with Gasteiger partial charge in [0.05, 0.1) is 0 Å². The van der Waals surface area contributed by atoms with Crippen LogP contribution in [0.5, 0.6) is 11.5 Å². The van der Waals surface area contributed by atoms with E-state index in [0.29, 0.717) is 6.42 Å². The first-order chi connectivity index (χ1) is 12.2. The van der Waals surface area contributed by atoms with E-state index in [1.165, 1.54) is 24.8 Å². The third-order valence-corrected chi connectivity index (χ3v) is 4.71. The highest BCUT2D eigenvalue weighted by atomic mass is 16.5. The van der Waals surface area contributed by atoms with Gasteiger partial charge < -0.3 is 9.84 Å². The Bertz CT molecular complexity index is 663. The average molecular weight is 339 g/mol. The van der Waals surface area contributed by atoms with Gasteiger partial charge in [0, 0.05) is 12.5 Å². The van der Waals surface area contributed by atoms with E-state index >= 15 is 0 Å². The number of nitrogens with zero attached hydrogens (tertiary/aromatic N) is 1. The molecule has 1 unspecified atom stereocenters. The first-order valence-corrected chi connectivity index (χ1v) is 9.01. The largest absolute Gasteiger partial charge is 0.481 e. The Morgan fingerprint density at radius 1 is 0.960 bits per heavy atom. The molecule has 132 valence electrons. The summed E-state index contributed by atoms with van der Waals surface area (Å²) in [5.74, 6) is 0.880. The second kappa shape index (κ2) is 8.67. The molecule has 3 rings (SSSR count). The number of rotatable bonds is 7. The Labute approximate surface area is 149 Å². The van der Waals surface area contributed by atoms with Crippen LogP contribution in [0.2, 0.25) is 0 Å². The Kier molecular flexibility index (Phi) is 6.07. The fourth-order valence-electron chi connectivity index (χ4n) is 3.43. The van der Waals surface area contributed by atoms with Crippen LogP contribution in [0.1, 0.15) is 43.7 Å². The number of carboxylic acid groups (broad SMARTS) is 1. The average Bonchev–Trinajstić information content (AvgIpc) is 2.65. The van der Waals surface area contributed by atoms with Gasteiger partial charge in [0.15, 0.2) is 0 Å². The van der Waals surface area contributed by atoms with E-state index < -0.39 is 5.97 Å². The molecule has 2 aromatic carbocycles. The quantitative estimate of drug-likeness (QED) is 0.782. The fourth-order valence-corrected chi connectivity index (χ4v) is 3.43. The number of piperidine rings is 1. The van der Waals surface area contributed by atoms with E-state index in [2.05, 4.69) is 17.0 Å². The van der Waals surface area contributed by atoms with Gasteiger partial charge in [-0.15, -0.1) is 0 Å². The second-order valence-electron chi connectivity index (χ2n) is 6.53. The number of benzene rings is 2. The minimum atomic E-state index is -0.731. The summed E-state index contributed by atoms with van der Waals surface area (Å²) in [7, 11) is 0. The molecule has 4 nitrogen and oxygen atoms in total. The predicted molar refractivity (Wildman–Crippen MR) is 98.0 cm³/mol. The minimum absolute atomic E-state index is 0.169. The number of likely N-dealkylation sites (tertiary alicyclic amines) is 1. The highest BCUT2D eigenvalue weighted by Gasteiger charge is 2.23. The van der Waals surface area contributed by atoms with Gasteiger partial charge in [0.25, 0.3) is 0 Å². The highest BCUT2D eigenvalue weighted by molar-refractivity contribution is 5.66. The topological polar surface area (TPSA) is 49.8 Å². The van der Waals surface area contributed by atoms with Crippen molar-refractivity contribution in [3.05, 3.63) is 60.2 Å². The van der Waals surface area contributed by atoms with Crippen molar-refractivity contribution in [1.82, 2.24) is 4.90 Å². The molecule has 1 heterocycles. The Morgan fingerprint density at radius 2 is 1.60 bits per heavy atom. The van der Waals surface area contributed by atoms with Gasteiger partial charge in [-0.2, -0.15) is 0 Å². The number of hydrogen-bond donors (Lipinski definition) is 1. The third kappa shape index (κ3) is 5.07. The minimum Gasteiger partial charge on any atom is -0.481 e. The van der Waals surface area contributed by atoms with Crippen molar-refractivity contribution in [3.8, 4) is 11.5 Å². The monoisotopic (exact) mass is 339 g/mol. The molecular formula is C21H25NO3. The zero-order valence-corrected chi connectivity index (χ0v) is 14.4. The van der Waals surface area contributed by atoms with Crippen LogP contribution in [-0.2, 0) is 4.79 Å². The molecule has 1 aliphatic heterocycles. The Morgan fingerprint density at radius 3 is 2.24 bits per heavy atom. The van der Waals surface area contributed by atoms with E-state index in [-0.39, 0.29) is 12.5 Å². The van der Waals surface area contributed by atoms with Gasteiger partial charge in [-0.05, 0) is 62.2 Å². The van der Waals surface area contributed by atoms with Gasteiger partial charge in [-0.25, -0.2) is 0 Å². The molecule has 0 bridgehead atoms. The molecule has 1 fully saturated rings. The summed E-state index contributed by atoms with van der Waals surface area (Å²) >= 11 is 0. The van der Waals surface area contributed by atoms with Crippen LogP contribution in [0, 0.1) is 0 Å². The molecule has 0 aromatic heterocycles. The van der Waals surface area contributed by atoms with Crippen molar-refractivity contribution in [2.24, 2.45) is 0 Å². The molecule has 25 heavy (non-hydrogen) atoms. The number of ether oxygens (including phenoxy) is 1. The fraction of sp³-hybridized carbons (Fsp3) is 0.381. The molecule has 0 spiro atoms. The number of carbonyl (C=O) groups is 1. The summed E-state index contributed by atoms with van der Waals surface area (Å²) in [5, 5.41) is 9.08. The van der Waals surface area contributed by atoms with E-state index in [4.69, 9.17) is 9.84 Å². The lowest BCUT2D eigenvalue weighted by atomic mass is 9.97. The summed E-state index contributed by atoms with van der Waals surface area (Å²) in [6, 6.07) is 18.0. The third-order valence-electron chi connectivity index (χ3n) is 4.71. The molecule has 1 N–H and O–H groups in total. The molecule has 0 amide bonds. The normalized spacial score (nSPS) is 16.3. The van der Waals surface area contributed by atoms with Crippen molar-refractivity contribution in [2.75, 3.05) is 13.1 Å². The van der Waals surface area contributed by atoms with Crippen LogP contribution in [0.3, 0.4) is 0 Å². The standard InChI is InChI=1S/C21H25NO3/c23-21(24)14-13-20(22-15-5-2-6-16-22)17-9-11-19(12-10-17)25-18-7-3-1-4-8-18/h1,3-4,7-12,20H,2,5-6,13-16H2,(H,23,24). The maximum atomic E-state index is 11.0. The SMILES string of the molecule is O=C(O)CCC(c1ccc(Oc2ccccc2)cc1)N1CCCCC1. The lowest BCUT2D eigenvalue weighted by Gasteiger charge is -2.34. The van der Waals surface area contributed by atoms with Crippen molar-refractivity contribution in [1.29, 1.82) is 0 Å². The summed E-state index contributed by atoms with van der Waals surface area (Å²) in [6.07, 6.45) is 4.50. The van der Waals surface area contributed by atoms with Crippen LogP contribution in [0.4, 0.5) is 0 Å². The van der Waals surface area contributed by atoms with Gasteiger partial charge >= 0.3 is 5.97 Å². The zero-order valence-electron chi connectivity index (χ0n) is 14.4. The Hall–Kier alpha value is -2.33. The molecular weight excluding hydrogens is 314 g/mol. The molecule has 1 atom stereocenters. The van der Waals surface area contributed by atoms with Crippen LogP contribution in [0.15, 0.2) is 54.6 Å². The van der Waals surface area contributed by atoms with Crippen molar-refractivity contribution in [3.63, 3.8) is 0 Å². The molecule has 2 aromatic rings. The predicted octanol–water partition coefficient (Wildman–Crippen LogP) is 4.87. The first kappa shape index (κ1) is 17.5. The van der Waals surface area contributed by atoms with Crippen LogP contribution >= 0.6 is 0 Å². The van der Waals surface area contributed by atoms with E-state index in [1.54, 1.807) is 0 Å². The number of aliphatic carboxylic acids is 1. The van der Waals surface area contributed by atoms with Gasteiger partial charge in [0.1, 0.15) is 11.5 Å². The van der Waals surface area contributed by atoms with Crippen molar-refractivity contribution >= 4 is 5.97 Å². The maximum absolute atomic E-state index is 11.0. The highest BCUT2D eigenvalue weighted by Crippen LogP contribution is 2.31. The molecule has 0 radical (unpaired) electrons. The summed E-state index contributed by atoms with van der Waals surface area (Å²) in [6.45, 7) is 2.10. The van der Waals surface area contributed by atoms with E-state index in [1.807, 2.05) is 42.5 Å². The Balaban J connectivity index is 1.72. The lowest BCUT2D eigenvalue weighted by molar-refractivity contribution is -0.137. The molecule has 0 aliphatic carbocycles. The van der Waals surface area contributed by atoms with Crippen molar-refractivity contribution < 1.29 is 14.6 Å². The zero-order chi connectivity index (χ0) is 17.5. The number of hydrogen-bond acceptors (Lipinski definition) is 3. The van der Waals surface area contributed by atoms with Gasteiger partial charge in [-0.1, -0.05) is 36.8 Å². The summed E-state index contributed by atoms with van der Waals surface area (Å²) < 4.78 is 5.85. The maximum Gasteiger partial charge on any atom is 0.303 e. The molecule has 0 saturated carbocycles. The number of para-hydroxylation sites is 1. The van der Waals surface area contributed by atoms with Crippen LogP contribution < -0.4 is 4.74 Å². The summed E-state index contributed by atoms with van der Waals surface area (Å²) in [5.41, 5.74) is 1.17. The lowest BCUT2D eigenvalue weighted by Crippen LogP contribution is -2.34. The van der Waals surface area contributed by atoms with Gasteiger partial charge in [-0.3, -0.25) is 9.69 Å². The van der Waals surface area contributed by atoms with Crippen LogP contribution in [0.25, 0.3) is 0 Å². The molecule has 1 aliphatic rings. The molecule has 4 heteroatoms. The number of carboxylic acids is 1. The van der Waals surface area contributed by atoms with E-state index in [9.17, 15) is 4.79 Å².